The molecule has 3 fully saturated rings. The van der Waals surface area contributed by atoms with Gasteiger partial charge in [0.25, 0.3) is 9.05 Å². The number of benzene rings is 8. The molecule has 11 rings (SSSR count). The molecule has 3 heterocycles. The van der Waals surface area contributed by atoms with Crippen molar-refractivity contribution in [3.8, 4) is 23.0 Å². The summed E-state index contributed by atoms with van der Waals surface area (Å²) in [5.74, 6) is -7.74. The van der Waals surface area contributed by atoms with Crippen molar-refractivity contribution in [1.29, 1.82) is 0 Å². The Hall–Kier alpha value is -9.65. The lowest BCUT2D eigenvalue weighted by molar-refractivity contribution is 0.0682. The molecule has 0 bridgehead atoms. The number of nitrogens with one attached hydrogen (secondary N) is 4. The van der Waals surface area contributed by atoms with Gasteiger partial charge in [-0.25, -0.2) is 81.4 Å². The number of carboxylic acids is 4. The number of rotatable bonds is 22. The maximum atomic E-state index is 13.3. The predicted molar refractivity (Wildman–Crippen MR) is 422 cm³/mol. The Kier molecular flexibility index (Phi) is 29.0. The number of carboxylic acid groups (broad SMARTS) is 4. The summed E-state index contributed by atoms with van der Waals surface area (Å²) in [4.78, 5) is 84.3. The highest BCUT2D eigenvalue weighted by Crippen LogP contribution is 2.40. The van der Waals surface area contributed by atoms with E-state index in [-0.39, 0.29) is 130 Å². The van der Waals surface area contributed by atoms with Crippen LogP contribution in [0.25, 0.3) is 43.1 Å². The minimum Gasteiger partial charge on any atom is -0.506 e. The topological polar surface area (TPSA) is 500 Å². The van der Waals surface area contributed by atoms with Gasteiger partial charge in [-0.05, 0) is 76.1 Å². The Morgan fingerprint density at radius 1 is 0.509 bits per heavy atom. The average Bonchev–Trinajstić information content (AvgIpc) is 0.981. The molecular formula is C72H77ClN6O26S7. The van der Waals surface area contributed by atoms with Crippen molar-refractivity contribution in [2.45, 2.75) is 99.1 Å². The van der Waals surface area contributed by atoms with Crippen LogP contribution in [0.4, 0.5) is 14.4 Å². The first-order valence-electron chi connectivity index (χ1n) is 33.4. The molecule has 40 heteroatoms. The van der Waals surface area contributed by atoms with E-state index in [1.165, 1.54) is 70.5 Å². The summed E-state index contributed by atoms with van der Waals surface area (Å²) in [6, 6.07) is 26.8. The van der Waals surface area contributed by atoms with Gasteiger partial charge in [-0.15, -0.1) is 0 Å². The van der Waals surface area contributed by atoms with Crippen molar-refractivity contribution >= 4 is 171 Å². The van der Waals surface area contributed by atoms with E-state index >= 15 is 0 Å². The van der Waals surface area contributed by atoms with Crippen LogP contribution in [0.1, 0.15) is 81.5 Å². The molecule has 32 nitrogen and oxygen atoms in total. The molecule has 0 aliphatic carbocycles. The van der Waals surface area contributed by atoms with Gasteiger partial charge in [0.15, 0.2) is 0 Å². The van der Waals surface area contributed by atoms with E-state index in [0.29, 0.717) is 19.5 Å². The number of nitrogens with zero attached hydrogens (tertiary/aromatic N) is 2. The van der Waals surface area contributed by atoms with Crippen molar-refractivity contribution < 1.29 is 122 Å². The summed E-state index contributed by atoms with van der Waals surface area (Å²) >= 11 is 9.66. The second-order valence-corrected chi connectivity index (χ2v) is 36.6. The number of amides is 2. The third-order valence-electron chi connectivity index (χ3n) is 17.2. The number of fused-ring (bicyclic) bond motifs is 4. The molecule has 0 spiro atoms. The number of aromatic carboxylic acids is 4. The second kappa shape index (κ2) is 36.9. The summed E-state index contributed by atoms with van der Waals surface area (Å²) in [6.07, 6.45) is 3.00. The zero-order valence-electron chi connectivity index (χ0n) is 59.5. The third kappa shape index (κ3) is 21.6. The Morgan fingerprint density at radius 2 is 0.830 bits per heavy atom. The van der Waals surface area contributed by atoms with Crippen LogP contribution in [0.5, 0.6) is 23.0 Å². The monoisotopic (exact) mass is 1700 g/mol. The molecule has 8 aromatic rings. The Morgan fingerprint density at radius 3 is 1.15 bits per heavy atom. The molecule has 8 aromatic carbocycles. The number of hydrogen-bond donors (Lipinski definition) is 14. The number of phenols is 4. The molecular weight excluding hydrogens is 1620 g/mol. The number of aromatic hydroxyl groups is 4. The quantitative estimate of drug-likeness (QED) is 0.00986. The largest absolute Gasteiger partial charge is 0.506 e. The molecule has 12 N–H and O–H groups in total. The van der Waals surface area contributed by atoms with Crippen LogP contribution in [0.15, 0.2) is 166 Å². The van der Waals surface area contributed by atoms with Gasteiger partial charge in [-0.3, -0.25) is 0 Å². The fourth-order valence-electron chi connectivity index (χ4n) is 12.2. The first kappa shape index (κ1) is 87.9. The molecule has 3 saturated heterocycles. The number of carbonyl (C=O) groups is 7. The third-order valence-corrected chi connectivity index (χ3v) is 24.7. The number of thioether (sulfide) groups is 1. The number of ether oxygens (including phenoxy) is 3. The van der Waals surface area contributed by atoms with Crippen LogP contribution in [0, 0.1) is 0 Å². The maximum absolute atomic E-state index is 13.3. The van der Waals surface area contributed by atoms with E-state index in [4.69, 9.17) is 30.0 Å². The molecule has 3 aliphatic rings. The highest BCUT2D eigenvalue weighted by Gasteiger charge is 2.41. The molecule has 0 radical (unpaired) electrons. The fourth-order valence-corrected chi connectivity index (χ4v) is 19.1. The highest BCUT2D eigenvalue weighted by atomic mass is 35.7. The van der Waals surface area contributed by atoms with Crippen LogP contribution in [0.3, 0.4) is 0 Å². The van der Waals surface area contributed by atoms with Gasteiger partial charge in [0.2, 0.25) is 30.1 Å². The number of thiol groups is 2. The average molecular weight is 1700 g/mol. The van der Waals surface area contributed by atoms with Gasteiger partial charge in [0.05, 0.1) is 19.6 Å². The van der Waals surface area contributed by atoms with Gasteiger partial charge in [-0.1, -0.05) is 122 Å². The van der Waals surface area contributed by atoms with Gasteiger partial charge < -0.3 is 70.2 Å². The van der Waals surface area contributed by atoms with E-state index in [9.17, 15) is 103 Å². The van der Waals surface area contributed by atoms with Crippen molar-refractivity contribution in [1.82, 2.24) is 29.3 Å². The molecule has 0 unspecified atom stereocenters. The van der Waals surface area contributed by atoms with Crippen LogP contribution < -0.4 is 19.5 Å². The van der Waals surface area contributed by atoms with Gasteiger partial charge in [0.1, 0.15) is 64.1 Å². The summed E-state index contributed by atoms with van der Waals surface area (Å²) in [5, 5.41) is 81.1. The standard InChI is InChI=1S/C25H30N2O9S2.C20H22N2O7S2.C16H18N2O5S2.C11H7ClO5S/c1-5-10-35-23(31)27-14-16(37-24(32)36-25(2,3)4)11-15(27)13-26-38(33,34)20-12-19(22(29)30)21(28)18-9-7-6-8-17(18)20;1-2-7-29-20(26)22-11-13(30)8-12(22)10-21-31(27,28)17-9-16(19(24)25)18(23)15-6-4-3-5-14(15)17;19-15-12-4-2-1-3-11(12)14(6-13(15)16(20)21)25(22,23)18-7-9-5-10(24)8-17-9;12-18(16,17)9-5-8(11(14)15)10(13)7-4-2-1-3-6(7)9/h5-9,12,15-16,26,28H,1,10-11,13-14H2,2-4H3,(H,29,30);2-6,9,12-13,21,23,30H,1,7-8,10-11H2,(H,24,25);1-4,6,9-10,17-19,24H,5,7-8H2,(H,20,21);1-5,13H,(H,14,15)/t15-,16-;12-,13-;9-,10-;/m000./s1. The zero-order chi connectivity index (χ0) is 82.7. The number of carbonyl (C=O) groups excluding carboxylic acids is 3. The molecule has 112 heavy (non-hydrogen) atoms. The van der Waals surface area contributed by atoms with Crippen LogP contribution >= 0.6 is 47.7 Å². The zero-order valence-corrected chi connectivity index (χ0v) is 66.1. The van der Waals surface area contributed by atoms with Crippen molar-refractivity contribution in [3.05, 3.63) is 169 Å². The molecule has 6 atom stereocenters. The van der Waals surface area contributed by atoms with Gasteiger partial charge in [-0.2, -0.15) is 25.3 Å². The second-order valence-electron chi connectivity index (χ2n) is 26.1. The first-order chi connectivity index (χ1) is 52.5. The van der Waals surface area contributed by atoms with E-state index in [2.05, 4.69) is 57.9 Å². The van der Waals surface area contributed by atoms with Crippen LogP contribution in [-0.2, 0) is 53.3 Å². The molecule has 600 valence electrons. The molecule has 3 aliphatic heterocycles. The smallest absolute Gasteiger partial charge is 0.410 e. The number of sulfonamides is 3. The predicted octanol–water partition coefficient (Wildman–Crippen LogP) is 9.53. The SMILES string of the molecule is C=CCOC(=O)N1C[C@@H](S)C[C@H]1CNS(=O)(=O)c1cc(C(=O)O)c(O)c2ccccc12.C=CCOC(=O)N1C[C@@H](SC(=O)OC(C)(C)C)C[C@H]1CNS(=O)(=O)c1cc(C(=O)O)c(O)c2ccccc12.O=C(O)c1cc(S(=O)(=O)Cl)c2ccccc2c1O.O=C(O)c1cc(S(=O)(=O)NC[C@@H]2C[C@H](S)CN2)c2ccccc2c1O. The summed E-state index contributed by atoms with van der Waals surface area (Å²) < 4.78 is 124. The summed E-state index contributed by atoms with van der Waals surface area (Å²) in [6.45, 7) is 13.2. The molecule has 2 amide bonds. The Balaban J connectivity index is 0.000000193. The van der Waals surface area contributed by atoms with Crippen LogP contribution in [-0.4, -0.2) is 218 Å². The fraction of sp³-hybridized carbons (Fsp3) is 0.292. The summed E-state index contributed by atoms with van der Waals surface area (Å²) in [5.41, 5.74) is -2.73. The minimum absolute atomic E-state index is 0.0281. The van der Waals surface area contributed by atoms with Crippen molar-refractivity contribution in [2.24, 2.45) is 0 Å². The van der Waals surface area contributed by atoms with E-state index in [1.54, 1.807) is 69.3 Å². The number of halogens is 1. The first-order valence-corrected chi connectivity index (χ1v) is 42.1. The minimum atomic E-state index is -4.30. The molecule has 0 aromatic heterocycles. The number of hydrogen-bond acceptors (Lipinski definition) is 26. The van der Waals surface area contributed by atoms with E-state index < -0.39 is 143 Å². The lowest BCUT2D eigenvalue weighted by Crippen LogP contribution is -2.43. The van der Waals surface area contributed by atoms with E-state index in [1.807, 2.05) is 0 Å². The van der Waals surface area contributed by atoms with Crippen LogP contribution in [0.2, 0.25) is 0 Å². The lowest BCUT2D eigenvalue weighted by Gasteiger charge is -2.24. The van der Waals surface area contributed by atoms with E-state index in [0.717, 1.165) is 42.4 Å². The maximum Gasteiger partial charge on any atom is 0.410 e. The molecule has 0 saturated carbocycles. The Bertz CT molecular complexity index is 5500. The van der Waals surface area contributed by atoms with Crippen molar-refractivity contribution in [3.63, 3.8) is 0 Å². The lowest BCUT2D eigenvalue weighted by atomic mass is 10.1. The highest BCUT2D eigenvalue weighted by molar-refractivity contribution is 8.14. The van der Waals surface area contributed by atoms with Crippen molar-refractivity contribution in [2.75, 3.05) is 52.5 Å². The Labute approximate surface area is 661 Å². The number of likely N-dealkylation sites (tertiary alicyclic amines) is 2. The summed E-state index contributed by atoms with van der Waals surface area (Å²) in [7, 11) is -11.3. The normalized spacial score (nSPS) is 17.8. The van der Waals surface area contributed by atoms with Gasteiger partial charge in [0, 0.05) is 127 Å². The van der Waals surface area contributed by atoms with Gasteiger partial charge >= 0.3 is 41.4 Å².